The Balaban J connectivity index is 2.47. The van der Waals surface area contributed by atoms with Gasteiger partial charge in [0, 0.05) is 0 Å². The maximum atomic E-state index is 11.6. The molecule has 1 aliphatic carbocycles. The molecule has 0 N–H and O–H groups in total. The second kappa shape index (κ2) is 8.54. The summed E-state index contributed by atoms with van der Waals surface area (Å²) in [5.74, 6) is 0.488. The first-order valence-electron chi connectivity index (χ1n) is 7.31. The van der Waals surface area contributed by atoms with E-state index in [1.807, 2.05) is 6.92 Å². The van der Waals surface area contributed by atoms with Crippen molar-refractivity contribution in [2.45, 2.75) is 77.7 Å². The van der Waals surface area contributed by atoms with E-state index in [0.717, 1.165) is 19.3 Å². The van der Waals surface area contributed by atoms with E-state index in [2.05, 4.69) is 6.92 Å². The van der Waals surface area contributed by atoms with E-state index in [0.29, 0.717) is 5.92 Å². The van der Waals surface area contributed by atoms with Gasteiger partial charge < -0.3 is 4.74 Å². The molecule has 1 fully saturated rings. The summed E-state index contributed by atoms with van der Waals surface area (Å²) in [7, 11) is 0. The second-order valence-electron chi connectivity index (χ2n) is 5.13. The van der Waals surface area contributed by atoms with Gasteiger partial charge in [-0.15, -0.1) is 0 Å². The van der Waals surface area contributed by atoms with Gasteiger partial charge in [0.2, 0.25) is 0 Å². The maximum Gasteiger partial charge on any atom is 0.310 e. The van der Waals surface area contributed by atoms with Crippen LogP contribution >= 0.6 is 0 Å². The Kier molecular flexibility index (Phi) is 7.30. The minimum atomic E-state index is -0.116. The molecule has 0 bridgehead atoms. The summed E-state index contributed by atoms with van der Waals surface area (Å²) in [5.41, 5.74) is 0. The van der Waals surface area contributed by atoms with Gasteiger partial charge >= 0.3 is 5.97 Å². The average molecular weight is 239 g/mol. The minimum Gasteiger partial charge on any atom is -0.462 e. The summed E-state index contributed by atoms with van der Waals surface area (Å²) in [5, 5.41) is 0. The van der Waals surface area contributed by atoms with Crippen LogP contribution in [0.4, 0.5) is 0 Å². The number of hydrogen-bond donors (Lipinski definition) is 0. The van der Waals surface area contributed by atoms with Crippen LogP contribution in [0.1, 0.15) is 71.6 Å². The number of ether oxygens (including phenoxy) is 1. The van der Waals surface area contributed by atoms with E-state index >= 15 is 0 Å². The molecule has 1 rings (SSSR count). The van der Waals surface area contributed by atoms with Crippen LogP contribution in [0.15, 0.2) is 0 Å². The van der Waals surface area contributed by atoms with E-state index in [1.165, 1.54) is 38.5 Å². The monoisotopic (exact) mass is 239 g/mol. The van der Waals surface area contributed by atoms with Gasteiger partial charge in [-0.25, -0.2) is 0 Å². The van der Waals surface area contributed by atoms with Gasteiger partial charge in [0.15, 0.2) is 0 Å². The standard InChI is InChI=1S/C15H27O2/c1-3-9-14(17-15(16)10-4-2)13-11-7-5-6-8-12-13/h10,13-14H,3-9,11-12H2,1-2H3. The topological polar surface area (TPSA) is 26.3 Å². The van der Waals surface area contributed by atoms with Crippen molar-refractivity contribution in [2.24, 2.45) is 5.92 Å². The normalized spacial score (nSPS) is 19.6. The van der Waals surface area contributed by atoms with Gasteiger partial charge in [-0.05, 0) is 31.6 Å². The highest BCUT2D eigenvalue weighted by Gasteiger charge is 2.25. The number of carbonyl (C=O) groups excluding carboxylic acids is 1. The molecule has 99 valence electrons. The van der Waals surface area contributed by atoms with E-state index in [4.69, 9.17) is 4.74 Å². The summed E-state index contributed by atoms with van der Waals surface area (Å²) in [6.07, 6.45) is 12.5. The van der Waals surface area contributed by atoms with Gasteiger partial charge in [-0.1, -0.05) is 46.0 Å². The fraction of sp³-hybridized carbons (Fsp3) is 0.867. The molecular formula is C15H27O2. The first-order chi connectivity index (χ1) is 8.27. The fourth-order valence-electron chi connectivity index (χ4n) is 2.72. The molecule has 17 heavy (non-hydrogen) atoms. The summed E-state index contributed by atoms with van der Waals surface area (Å²) in [6.45, 7) is 4.14. The molecule has 0 aromatic heterocycles. The van der Waals surface area contributed by atoms with Gasteiger partial charge in [-0.3, -0.25) is 4.79 Å². The summed E-state index contributed by atoms with van der Waals surface area (Å²) >= 11 is 0. The molecule has 0 aliphatic heterocycles. The predicted molar refractivity (Wildman–Crippen MR) is 70.6 cm³/mol. The lowest BCUT2D eigenvalue weighted by Crippen LogP contribution is -2.27. The highest BCUT2D eigenvalue weighted by Crippen LogP contribution is 2.29. The first kappa shape index (κ1) is 14.5. The Labute approximate surface area is 106 Å². The van der Waals surface area contributed by atoms with Crippen LogP contribution in [-0.4, -0.2) is 12.1 Å². The fourth-order valence-corrected chi connectivity index (χ4v) is 2.72. The van der Waals surface area contributed by atoms with E-state index in [1.54, 1.807) is 6.42 Å². The smallest absolute Gasteiger partial charge is 0.310 e. The molecule has 1 radical (unpaired) electrons. The zero-order chi connectivity index (χ0) is 12.5. The predicted octanol–water partition coefficient (Wildman–Crippen LogP) is 4.28. The lowest BCUT2D eigenvalue weighted by Gasteiger charge is -2.25. The molecule has 0 spiro atoms. The van der Waals surface area contributed by atoms with Crippen LogP contribution in [0.25, 0.3) is 0 Å². The van der Waals surface area contributed by atoms with Crippen molar-refractivity contribution in [1.82, 2.24) is 0 Å². The van der Waals surface area contributed by atoms with Crippen LogP contribution in [-0.2, 0) is 9.53 Å². The lowest BCUT2D eigenvalue weighted by molar-refractivity contribution is -0.148. The summed E-state index contributed by atoms with van der Waals surface area (Å²) in [6, 6.07) is 0. The van der Waals surface area contributed by atoms with Crippen LogP contribution < -0.4 is 0 Å². The van der Waals surface area contributed by atoms with Crippen LogP contribution in [0.5, 0.6) is 0 Å². The van der Waals surface area contributed by atoms with Gasteiger partial charge in [0.25, 0.3) is 0 Å². The van der Waals surface area contributed by atoms with Crippen molar-refractivity contribution < 1.29 is 9.53 Å². The molecule has 0 aromatic rings. The molecule has 1 aliphatic rings. The van der Waals surface area contributed by atoms with Gasteiger partial charge in [0.1, 0.15) is 6.10 Å². The Morgan fingerprint density at radius 2 is 1.88 bits per heavy atom. The third-order valence-corrected chi connectivity index (χ3v) is 3.64. The zero-order valence-electron chi connectivity index (χ0n) is 11.4. The molecule has 1 unspecified atom stereocenters. The van der Waals surface area contributed by atoms with E-state index in [9.17, 15) is 4.79 Å². The van der Waals surface area contributed by atoms with Crippen LogP contribution in [0.3, 0.4) is 0 Å². The van der Waals surface area contributed by atoms with E-state index < -0.39 is 0 Å². The number of esters is 1. The van der Waals surface area contributed by atoms with Gasteiger partial charge in [-0.2, -0.15) is 0 Å². The molecular weight excluding hydrogens is 212 g/mol. The molecule has 0 heterocycles. The van der Waals surface area contributed by atoms with E-state index in [-0.39, 0.29) is 12.1 Å². The third kappa shape index (κ3) is 5.56. The maximum absolute atomic E-state index is 11.6. The molecule has 0 saturated heterocycles. The molecule has 0 aromatic carbocycles. The zero-order valence-corrected chi connectivity index (χ0v) is 11.4. The summed E-state index contributed by atoms with van der Waals surface area (Å²) in [4.78, 5) is 11.6. The summed E-state index contributed by atoms with van der Waals surface area (Å²) < 4.78 is 5.63. The highest BCUT2D eigenvalue weighted by atomic mass is 16.5. The van der Waals surface area contributed by atoms with Crippen molar-refractivity contribution in [2.75, 3.05) is 0 Å². The van der Waals surface area contributed by atoms with Crippen LogP contribution in [0, 0.1) is 12.3 Å². The quantitative estimate of drug-likeness (QED) is 0.510. The Morgan fingerprint density at radius 3 is 2.41 bits per heavy atom. The van der Waals surface area contributed by atoms with Crippen molar-refractivity contribution in [3.63, 3.8) is 0 Å². The molecule has 2 heteroatoms. The largest absolute Gasteiger partial charge is 0.462 e. The number of rotatable bonds is 6. The minimum absolute atomic E-state index is 0.116. The molecule has 1 saturated carbocycles. The second-order valence-corrected chi connectivity index (χ2v) is 5.13. The van der Waals surface area contributed by atoms with Crippen molar-refractivity contribution in [3.8, 4) is 0 Å². The molecule has 0 amide bonds. The molecule has 2 nitrogen and oxygen atoms in total. The van der Waals surface area contributed by atoms with Gasteiger partial charge in [0.05, 0.1) is 6.42 Å². The first-order valence-corrected chi connectivity index (χ1v) is 7.31. The third-order valence-electron chi connectivity index (χ3n) is 3.64. The number of carbonyl (C=O) groups is 1. The lowest BCUT2D eigenvalue weighted by atomic mass is 9.91. The van der Waals surface area contributed by atoms with Crippen LogP contribution in [0.2, 0.25) is 0 Å². The van der Waals surface area contributed by atoms with Crippen molar-refractivity contribution in [1.29, 1.82) is 0 Å². The van der Waals surface area contributed by atoms with Crippen molar-refractivity contribution >= 4 is 5.97 Å². The average Bonchev–Trinajstić information content (AvgIpc) is 2.57. The Morgan fingerprint density at radius 1 is 1.24 bits per heavy atom. The Bertz CT molecular complexity index is 205. The number of hydrogen-bond acceptors (Lipinski definition) is 2. The SMILES string of the molecule is CC[CH]C(=O)OC(CCC)C1CCCCCC1. The highest BCUT2D eigenvalue weighted by molar-refractivity contribution is 5.78. The molecule has 1 atom stereocenters. The van der Waals surface area contributed by atoms with Crippen molar-refractivity contribution in [3.05, 3.63) is 6.42 Å². The Hall–Kier alpha value is -0.530.